The van der Waals surface area contributed by atoms with Gasteiger partial charge in [0.25, 0.3) is 5.91 Å². The zero-order valence-electron chi connectivity index (χ0n) is 15.5. The van der Waals surface area contributed by atoms with E-state index in [0.29, 0.717) is 17.3 Å². The molecule has 0 saturated heterocycles. The summed E-state index contributed by atoms with van der Waals surface area (Å²) in [6.45, 7) is 2.16. The van der Waals surface area contributed by atoms with Crippen LogP contribution in [0.3, 0.4) is 0 Å². The second-order valence-corrected chi connectivity index (χ2v) is 6.59. The fourth-order valence-electron chi connectivity index (χ4n) is 2.57. The minimum absolute atomic E-state index is 0.0270. The van der Waals surface area contributed by atoms with Crippen LogP contribution < -0.4 is 14.8 Å². The van der Waals surface area contributed by atoms with Gasteiger partial charge in [-0.3, -0.25) is 4.79 Å². The van der Waals surface area contributed by atoms with Crippen molar-refractivity contribution in [2.45, 2.75) is 19.1 Å². The van der Waals surface area contributed by atoms with Crippen molar-refractivity contribution in [1.82, 2.24) is 10.2 Å². The molecule has 0 radical (unpaired) electrons. The van der Waals surface area contributed by atoms with E-state index in [0.717, 1.165) is 11.3 Å². The van der Waals surface area contributed by atoms with Crippen LogP contribution in [-0.4, -0.2) is 44.7 Å². The van der Waals surface area contributed by atoms with Gasteiger partial charge in [-0.25, -0.2) is 0 Å². The molecule has 2 atom stereocenters. The average Bonchev–Trinajstić information content (AvgIpc) is 2.63. The quantitative estimate of drug-likeness (QED) is 0.765. The second-order valence-electron chi connectivity index (χ2n) is 6.18. The van der Waals surface area contributed by atoms with Gasteiger partial charge >= 0.3 is 0 Å². The van der Waals surface area contributed by atoms with Crippen molar-refractivity contribution < 1.29 is 14.3 Å². The molecule has 2 rings (SSSR count). The number of carbonyl (C=O) groups is 1. The molecule has 0 aromatic heterocycles. The Bertz CT molecular complexity index is 719. The molecule has 140 valence electrons. The predicted molar refractivity (Wildman–Crippen MR) is 104 cm³/mol. The lowest BCUT2D eigenvalue weighted by molar-refractivity contribution is -0.127. The number of carbonyl (C=O) groups excluding carboxylic acids is 1. The third-order valence-electron chi connectivity index (χ3n) is 4.10. The molecule has 0 saturated carbocycles. The monoisotopic (exact) mass is 376 g/mol. The molecule has 0 aliphatic heterocycles. The topological polar surface area (TPSA) is 50.8 Å². The van der Waals surface area contributed by atoms with Gasteiger partial charge in [-0.2, -0.15) is 0 Å². The lowest BCUT2D eigenvalue weighted by Crippen LogP contribution is -2.41. The summed E-state index contributed by atoms with van der Waals surface area (Å²) in [7, 11) is 5.51. The van der Waals surface area contributed by atoms with Crippen molar-refractivity contribution in [3.05, 3.63) is 59.1 Å². The van der Waals surface area contributed by atoms with Crippen LogP contribution in [0.4, 0.5) is 0 Å². The molecular formula is C20H25ClN2O3. The number of benzene rings is 2. The Hall–Kier alpha value is -2.24. The number of hydrogen-bond acceptors (Lipinski definition) is 4. The normalized spacial score (nSPS) is 13.2. The van der Waals surface area contributed by atoms with Crippen LogP contribution in [0.1, 0.15) is 18.5 Å². The Balaban J connectivity index is 1.95. The van der Waals surface area contributed by atoms with Crippen LogP contribution >= 0.6 is 11.6 Å². The van der Waals surface area contributed by atoms with Crippen LogP contribution in [0.25, 0.3) is 0 Å². The fraction of sp³-hybridized carbons (Fsp3) is 0.350. The Morgan fingerprint density at radius 3 is 2.31 bits per heavy atom. The molecule has 0 aliphatic carbocycles. The number of nitrogens with one attached hydrogen (secondary N) is 1. The number of ether oxygens (including phenoxy) is 2. The summed E-state index contributed by atoms with van der Waals surface area (Å²) in [5.74, 6) is 1.17. The van der Waals surface area contributed by atoms with E-state index in [1.165, 1.54) is 0 Å². The summed E-state index contributed by atoms with van der Waals surface area (Å²) in [4.78, 5) is 14.4. The summed E-state index contributed by atoms with van der Waals surface area (Å²) in [6, 6.07) is 14.8. The highest BCUT2D eigenvalue weighted by atomic mass is 35.5. The third kappa shape index (κ3) is 5.38. The lowest BCUT2D eigenvalue weighted by atomic mass is 10.1. The van der Waals surface area contributed by atoms with Crippen LogP contribution in [0.15, 0.2) is 48.5 Å². The predicted octanol–water partition coefficient (Wildman–Crippen LogP) is 3.54. The number of methoxy groups -OCH3 is 1. The zero-order chi connectivity index (χ0) is 19.1. The lowest BCUT2D eigenvalue weighted by Gasteiger charge is -2.26. The first-order valence-electron chi connectivity index (χ1n) is 8.41. The molecule has 5 nitrogen and oxygen atoms in total. The molecule has 0 heterocycles. The molecule has 2 aromatic rings. The number of likely N-dealkylation sites (N-methyl/N-ethyl adjacent to an activating group) is 1. The van der Waals surface area contributed by atoms with Gasteiger partial charge in [0, 0.05) is 11.6 Å². The van der Waals surface area contributed by atoms with E-state index in [9.17, 15) is 4.79 Å². The number of amides is 1. The number of rotatable bonds is 8. The molecule has 0 spiro atoms. The van der Waals surface area contributed by atoms with Gasteiger partial charge in [-0.1, -0.05) is 29.8 Å². The van der Waals surface area contributed by atoms with Gasteiger partial charge in [0.15, 0.2) is 6.10 Å². The smallest absolute Gasteiger partial charge is 0.260 e. The van der Waals surface area contributed by atoms with Gasteiger partial charge in [0.1, 0.15) is 11.5 Å². The van der Waals surface area contributed by atoms with E-state index in [1.807, 2.05) is 43.3 Å². The van der Waals surface area contributed by atoms with Crippen LogP contribution in [-0.2, 0) is 4.79 Å². The fourth-order valence-corrected chi connectivity index (χ4v) is 2.83. The highest BCUT2D eigenvalue weighted by Crippen LogP contribution is 2.25. The third-order valence-corrected chi connectivity index (χ3v) is 4.44. The Labute approximate surface area is 159 Å². The van der Waals surface area contributed by atoms with E-state index in [4.69, 9.17) is 21.1 Å². The van der Waals surface area contributed by atoms with Gasteiger partial charge in [0.2, 0.25) is 0 Å². The molecule has 2 aromatic carbocycles. The summed E-state index contributed by atoms with van der Waals surface area (Å²) >= 11 is 6.30. The van der Waals surface area contributed by atoms with Crippen LogP contribution in [0.5, 0.6) is 11.5 Å². The second kappa shape index (κ2) is 9.46. The van der Waals surface area contributed by atoms with E-state index < -0.39 is 6.10 Å². The van der Waals surface area contributed by atoms with E-state index in [1.54, 1.807) is 38.3 Å². The van der Waals surface area contributed by atoms with Crippen molar-refractivity contribution in [2.24, 2.45) is 0 Å². The maximum Gasteiger partial charge on any atom is 0.260 e. The van der Waals surface area contributed by atoms with Crippen molar-refractivity contribution >= 4 is 17.5 Å². The van der Waals surface area contributed by atoms with E-state index in [-0.39, 0.29) is 11.9 Å². The highest BCUT2D eigenvalue weighted by Gasteiger charge is 2.20. The largest absolute Gasteiger partial charge is 0.497 e. The zero-order valence-corrected chi connectivity index (χ0v) is 16.3. The standard InChI is InChI=1S/C20H25ClN2O3/c1-14(26-16-11-9-15(25-4)10-12-16)20(24)22-13-19(23(2)3)17-7-5-6-8-18(17)21/h5-12,14,19H,13H2,1-4H3,(H,22,24). The molecule has 0 bridgehead atoms. The minimum atomic E-state index is -0.613. The van der Waals surface area contributed by atoms with Gasteiger partial charge in [-0.15, -0.1) is 0 Å². The SMILES string of the molecule is COc1ccc(OC(C)C(=O)NCC(c2ccccc2Cl)N(C)C)cc1. The van der Waals surface area contributed by atoms with Crippen LogP contribution in [0, 0.1) is 0 Å². The maximum atomic E-state index is 12.4. The number of halogens is 1. The van der Waals surface area contributed by atoms with Gasteiger partial charge in [0.05, 0.1) is 13.2 Å². The average molecular weight is 377 g/mol. The summed E-state index contributed by atoms with van der Waals surface area (Å²) in [5, 5.41) is 3.63. The van der Waals surface area contributed by atoms with Crippen molar-refractivity contribution in [2.75, 3.05) is 27.7 Å². The van der Waals surface area contributed by atoms with Crippen molar-refractivity contribution in [3.63, 3.8) is 0 Å². The molecule has 1 amide bonds. The van der Waals surface area contributed by atoms with Crippen molar-refractivity contribution in [3.8, 4) is 11.5 Å². The molecule has 0 fully saturated rings. The summed E-state index contributed by atoms with van der Waals surface area (Å²) in [6.07, 6.45) is -0.613. The molecule has 6 heteroatoms. The summed E-state index contributed by atoms with van der Waals surface area (Å²) in [5.41, 5.74) is 0.975. The Morgan fingerprint density at radius 2 is 1.73 bits per heavy atom. The maximum absolute atomic E-state index is 12.4. The summed E-state index contributed by atoms with van der Waals surface area (Å²) < 4.78 is 10.8. The first-order valence-corrected chi connectivity index (χ1v) is 8.79. The van der Waals surface area contributed by atoms with Gasteiger partial charge in [-0.05, 0) is 56.9 Å². The highest BCUT2D eigenvalue weighted by molar-refractivity contribution is 6.31. The van der Waals surface area contributed by atoms with E-state index >= 15 is 0 Å². The first kappa shape index (κ1) is 20.1. The van der Waals surface area contributed by atoms with Crippen molar-refractivity contribution in [1.29, 1.82) is 0 Å². The molecule has 2 unspecified atom stereocenters. The molecular weight excluding hydrogens is 352 g/mol. The minimum Gasteiger partial charge on any atom is -0.497 e. The van der Waals surface area contributed by atoms with E-state index in [2.05, 4.69) is 5.32 Å². The number of hydrogen-bond donors (Lipinski definition) is 1. The molecule has 0 aliphatic rings. The van der Waals surface area contributed by atoms with Crippen LogP contribution in [0.2, 0.25) is 5.02 Å². The molecule has 26 heavy (non-hydrogen) atoms. The van der Waals surface area contributed by atoms with Gasteiger partial charge < -0.3 is 19.7 Å². The number of nitrogens with zero attached hydrogens (tertiary/aromatic N) is 1. The first-order chi connectivity index (χ1) is 12.4. The Kier molecular flexibility index (Phi) is 7.30. The Morgan fingerprint density at radius 1 is 1.12 bits per heavy atom. The molecule has 1 N–H and O–H groups in total.